The molecule has 0 unspecified atom stereocenters. The Balaban J connectivity index is 1.97. The summed E-state index contributed by atoms with van der Waals surface area (Å²) in [4.78, 5) is 27.1. The van der Waals surface area contributed by atoms with E-state index in [0.29, 0.717) is 23.1 Å². The molecule has 1 aliphatic rings. The molecule has 3 amide bonds. The Kier molecular flexibility index (Phi) is 5.22. The molecular formula is C21H20FN3O2. The lowest BCUT2D eigenvalue weighted by Crippen LogP contribution is -2.44. The van der Waals surface area contributed by atoms with Crippen molar-refractivity contribution in [3.05, 3.63) is 71.0 Å². The number of amides is 3. The van der Waals surface area contributed by atoms with Gasteiger partial charge >= 0.3 is 6.03 Å². The van der Waals surface area contributed by atoms with Crippen LogP contribution in [0.25, 0.3) is 0 Å². The van der Waals surface area contributed by atoms with Crippen LogP contribution in [0, 0.1) is 17.1 Å². The molecule has 6 heteroatoms. The third kappa shape index (κ3) is 3.41. The number of halogens is 1. The van der Waals surface area contributed by atoms with E-state index in [9.17, 15) is 19.2 Å². The number of benzene rings is 2. The van der Waals surface area contributed by atoms with Gasteiger partial charge in [-0.2, -0.15) is 5.26 Å². The number of urea groups is 1. The van der Waals surface area contributed by atoms with Crippen LogP contribution in [0.15, 0.2) is 48.5 Å². The van der Waals surface area contributed by atoms with E-state index in [0.717, 1.165) is 17.7 Å². The van der Waals surface area contributed by atoms with E-state index >= 15 is 0 Å². The molecule has 1 fully saturated rings. The number of nitriles is 1. The van der Waals surface area contributed by atoms with Crippen LogP contribution >= 0.6 is 0 Å². The SMILES string of the molecule is CCCC[C@@]1(c2ccc(F)cc2)NC(=O)N(Cc2ccccc2C#N)C1=O. The first-order chi connectivity index (χ1) is 13.0. The first-order valence-corrected chi connectivity index (χ1v) is 8.90. The zero-order valence-electron chi connectivity index (χ0n) is 15.0. The second-order valence-corrected chi connectivity index (χ2v) is 6.61. The quantitative estimate of drug-likeness (QED) is 0.791. The van der Waals surface area contributed by atoms with Gasteiger partial charge in [-0.05, 0) is 35.7 Å². The van der Waals surface area contributed by atoms with Crippen LogP contribution < -0.4 is 5.32 Å². The zero-order valence-corrected chi connectivity index (χ0v) is 15.0. The summed E-state index contributed by atoms with van der Waals surface area (Å²) < 4.78 is 13.4. The predicted octanol–water partition coefficient (Wildman–Crippen LogP) is 3.83. The molecular weight excluding hydrogens is 345 g/mol. The Morgan fingerprint density at radius 1 is 1.15 bits per heavy atom. The summed E-state index contributed by atoms with van der Waals surface area (Å²) in [7, 11) is 0. The molecule has 0 bridgehead atoms. The Hall–Kier alpha value is -3.20. The highest BCUT2D eigenvalue weighted by Gasteiger charge is 2.51. The summed E-state index contributed by atoms with van der Waals surface area (Å²) >= 11 is 0. The van der Waals surface area contributed by atoms with Crippen molar-refractivity contribution in [2.75, 3.05) is 0 Å². The maximum Gasteiger partial charge on any atom is 0.325 e. The topological polar surface area (TPSA) is 73.2 Å². The molecule has 1 atom stereocenters. The third-order valence-electron chi connectivity index (χ3n) is 4.88. The molecule has 5 nitrogen and oxygen atoms in total. The van der Waals surface area contributed by atoms with E-state index < -0.39 is 17.4 Å². The molecule has 0 aliphatic carbocycles. The van der Waals surface area contributed by atoms with Gasteiger partial charge in [0.15, 0.2) is 0 Å². The molecule has 3 rings (SSSR count). The Morgan fingerprint density at radius 3 is 2.52 bits per heavy atom. The highest BCUT2D eigenvalue weighted by Crippen LogP contribution is 2.35. The number of hydrogen-bond donors (Lipinski definition) is 1. The van der Waals surface area contributed by atoms with Gasteiger partial charge in [0.1, 0.15) is 11.4 Å². The van der Waals surface area contributed by atoms with Crippen LogP contribution in [0.3, 0.4) is 0 Å². The van der Waals surface area contributed by atoms with Crippen LogP contribution in [0.2, 0.25) is 0 Å². The number of rotatable bonds is 6. The molecule has 0 radical (unpaired) electrons. The number of nitrogens with zero attached hydrogens (tertiary/aromatic N) is 2. The standard InChI is InChI=1S/C21H20FN3O2/c1-2-3-12-21(17-8-10-18(22)11-9-17)19(26)25(20(27)24-21)14-16-7-5-4-6-15(16)13-23/h4-11H,2-3,12,14H2,1H3,(H,24,27)/t21-/m0/s1. The average Bonchev–Trinajstić information content (AvgIpc) is 2.92. The minimum atomic E-state index is -1.21. The monoisotopic (exact) mass is 365 g/mol. The maximum absolute atomic E-state index is 13.4. The van der Waals surface area contributed by atoms with Crippen molar-refractivity contribution >= 4 is 11.9 Å². The van der Waals surface area contributed by atoms with Crippen molar-refractivity contribution in [3.8, 4) is 6.07 Å². The van der Waals surface area contributed by atoms with Gasteiger partial charge in [-0.3, -0.25) is 9.69 Å². The van der Waals surface area contributed by atoms with Crippen LogP contribution in [-0.2, 0) is 16.9 Å². The molecule has 0 spiro atoms. The number of unbranched alkanes of at least 4 members (excludes halogenated alkanes) is 1. The summed E-state index contributed by atoms with van der Waals surface area (Å²) in [6.07, 6.45) is 2.01. The second-order valence-electron chi connectivity index (χ2n) is 6.61. The van der Waals surface area contributed by atoms with Crippen molar-refractivity contribution in [2.24, 2.45) is 0 Å². The Morgan fingerprint density at radius 2 is 1.85 bits per heavy atom. The number of imide groups is 1. The lowest BCUT2D eigenvalue weighted by molar-refractivity contribution is -0.132. The molecule has 2 aromatic rings. The average molecular weight is 365 g/mol. The van der Waals surface area contributed by atoms with Gasteiger partial charge < -0.3 is 5.32 Å². The lowest BCUT2D eigenvalue weighted by Gasteiger charge is -2.27. The third-order valence-corrected chi connectivity index (χ3v) is 4.88. The smallest absolute Gasteiger partial charge is 0.319 e. The fraction of sp³-hybridized carbons (Fsp3) is 0.286. The van der Waals surface area contributed by atoms with E-state index in [1.807, 2.05) is 6.92 Å². The van der Waals surface area contributed by atoms with Gasteiger partial charge in [0.05, 0.1) is 18.2 Å². The highest BCUT2D eigenvalue weighted by atomic mass is 19.1. The summed E-state index contributed by atoms with van der Waals surface area (Å²) in [6, 6.07) is 14.1. The van der Waals surface area contributed by atoms with E-state index in [2.05, 4.69) is 11.4 Å². The summed E-state index contributed by atoms with van der Waals surface area (Å²) in [6.45, 7) is 2.02. The van der Waals surface area contributed by atoms with Crippen molar-refractivity contribution in [3.63, 3.8) is 0 Å². The van der Waals surface area contributed by atoms with E-state index in [-0.39, 0.29) is 12.5 Å². The summed E-state index contributed by atoms with van der Waals surface area (Å²) in [5.41, 5.74) is 0.383. The van der Waals surface area contributed by atoms with E-state index in [1.165, 1.54) is 24.3 Å². The minimum absolute atomic E-state index is 0.0173. The van der Waals surface area contributed by atoms with Gasteiger partial charge in [0.25, 0.3) is 5.91 Å². The molecule has 27 heavy (non-hydrogen) atoms. The van der Waals surface area contributed by atoms with Crippen LogP contribution in [0.1, 0.15) is 42.9 Å². The number of carbonyl (C=O) groups is 2. The van der Waals surface area contributed by atoms with Crippen molar-refractivity contribution in [1.82, 2.24) is 10.2 Å². The fourth-order valence-electron chi connectivity index (χ4n) is 3.39. The van der Waals surface area contributed by atoms with Gasteiger partial charge in [0, 0.05) is 0 Å². The molecule has 1 aliphatic heterocycles. The van der Waals surface area contributed by atoms with E-state index in [1.54, 1.807) is 24.3 Å². The van der Waals surface area contributed by atoms with Crippen LogP contribution in [0.4, 0.5) is 9.18 Å². The zero-order chi connectivity index (χ0) is 19.4. The van der Waals surface area contributed by atoms with Crippen molar-refractivity contribution in [2.45, 2.75) is 38.3 Å². The number of hydrogen-bond acceptors (Lipinski definition) is 3. The molecule has 0 aromatic heterocycles. The molecule has 1 N–H and O–H groups in total. The first-order valence-electron chi connectivity index (χ1n) is 8.90. The van der Waals surface area contributed by atoms with Crippen molar-refractivity contribution in [1.29, 1.82) is 5.26 Å². The van der Waals surface area contributed by atoms with Crippen LogP contribution in [0.5, 0.6) is 0 Å². The molecule has 138 valence electrons. The molecule has 2 aromatic carbocycles. The second kappa shape index (κ2) is 7.58. The Bertz CT molecular complexity index is 904. The first kappa shape index (κ1) is 18.6. The van der Waals surface area contributed by atoms with Gasteiger partial charge in [-0.25, -0.2) is 9.18 Å². The normalized spacial score (nSPS) is 19.1. The predicted molar refractivity (Wildman–Crippen MR) is 97.8 cm³/mol. The lowest BCUT2D eigenvalue weighted by atomic mass is 9.84. The number of carbonyl (C=O) groups excluding carboxylic acids is 2. The number of nitrogens with one attached hydrogen (secondary N) is 1. The van der Waals surface area contributed by atoms with Gasteiger partial charge in [-0.1, -0.05) is 50.1 Å². The largest absolute Gasteiger partial charge is 0.325 e. The van der Waals surface area contributed by atoms with Gasteiger partial charge in [0.2, 0.25) is 0 Å². The van der Waals surface area contributed by atoms with Crippen LogP contribution in [-0.4, -0.2) is 16.8 Å². The van der Waals surface area contributed by atoms with E-state index in [4.69, 9.17) is 0 Å². The molecule has 1 heterocycles. The minimum Gasteiger partial charge on any atom is -0.319 e. The summed E-state index contributed by atoms with van der Waals surface area (Å²) in [5.74, 6) is -0.777. The Labute approximate surface area is 157 Å². The molecule has 0 saturated carbocycles. The summed E-state index contributed by atoms with van der Waals surface area (Å²) in [5, 5.41) is 12.1. The fourth-order valence-corrected chi connectivity index (χ4v) is 3.39. The maximum atomic E-state index is 13.4. The molecule has 1 saturated heterocycles. The highest BCUT2D eigenvalue weighted by molar-refractivity contribution is 6.07. The van der Waals surface area contributed by atoms with Gasteiger partial charge in [-0.15, -0.1) is 0 Å². The van der Waals surface area contributed by atoms with Crippen molar-refractivity contribution < 1.29 is 14.0 Å².